The van der Waals surface area contributed by atoms with Gasteiger partial charge in [0, 0.05) is 6.42 Å². The maximum atomic E-state index is 3.37. The van der Waals surface area contributed by atoms with Crippen LogP contribution in [0.5, 0.6) is 0 Å². The van der Waals surface area contributed by atoms with E-state index in [9.17, 15) is 0 Å². The Morgan fingerprint density at radius 2 is 2.14 bits per heavy atom. The summed E-state index contributed by atoms with van der Waals surface area (Å²) in [5, 5.41) is 3.37. The van der Waals surface area contributed by atoms with Crippen molar-refractivity contribution in [2.45, 2.75) is 25.3 Å². The van der Waals surface area contributed by atoms with Crippen molar-refractivity contribution in [2.75, 3.05) is 6.54 Å². The third kappa shape index (κ3) is 2.61. The zero-order valence-corrected chi connectivity index (χ0v) is 8.29. The van der Waals surface area contributed by atoms with E-state index in [4.69, 9.17) is 0 Å². The molecule has 14 heavy (non-hydrogen) atoms. The molecule has 1 aliphatic heterocycles. The monoisotopic (exact) mass is 185 g/mol. The van der Waals surface area contributed by atoms with E-state index in [1.807, 2.05) is 6.07 Å². The molecule has 1 saturated heterocycles. The molecule has 0 bridgehead atoms. The van der Waals surface area contributed by atoms with Crippen molar-refractivity contribution in [3.8, 4) is 11.8 Å². The van der Waals surface area contributed by atoms with Crippen molar-refractivity contribution >= 4 is 0 Å². The first-order chi connectivity index (χ1) is 6.95. The van der Waals surface area contributed by atoms with Gasteiger partial charge in [0.05, 0.1) is 6.04 Å². The van der Waals surface area contributed by atoms with Crippen molar-refractivity contribution < 1.29 is 0 Å². The standard InChI is InChI=1S/C13H15N/c1-2-6-12(7-3-1)8-4-9-13-10-5-11-14-13/h1-3,6-7,13-14H,5,8,10-11H2. The predicted molar refractivity (Wildman–Crippen MR) is 58.9 cm³/mol. The largest absolute Gasteiger partial charge is 0.304 e. The Bertz CT molecular complexity index is 325. The van der Waals surface area contributed by atoms with Gasteiger partial charge in [0.25, 0.3) is 0 Å². The van der Waals surface area contributed by atoms with Crippen LogP contribution in [0.15, 0.2) is 30.3 Å². The first-order valence-corrected chi connectivity index (χ1v) is 5.21. The fraction of sp³-hybridized carbons (Fsp3) is 0.385. The highest BCUT2D eigenvalue weighted by molar-refractivity contribution is 5.22. The van der Waals surface area contributed by atoms with Gasteiger partial charge in [-0.3, -0.25) is 0 Å². The molecule has 1 unspecified atom stereocenters. The van der Waals surface area contributed by atoms with Crippen LogP contribution in [-0.4, -0.2) is 12.6 Å². The van der Waals surface area contributed by atoms with Crippen LogP contribution in [0.2, 0.25) is 0 Å². The van der Waals surface area contributed by atoms with Crippen LogP contribution in [0.1, 0.15) is 18.4 Å². The number of benzene rings is 1. The maximum Gasteiger partial charge on any atom is 0.0690 e. The van der Waals surface area contributed by atoms with Gasteiger partial charge in [-0.1, -0.05) is 42.2 Å². The van der Waals surface area contributed by atoms with Crippen molar-refractivity contribution in [2.24, 2.45) is 0 Å². The van der Waals surface area contributed by atoms with E-state index in [1.54, 1.807) is 0 Å². The molecule has 0 radical (unpaired) electrons. The van der Waals surface area contributed by atoms with Crippen LogP contribution in [0.25, 0.3) is 0 Å². The molecule has 1 heteroatoms. The normalized spacial score (nSPS) is 20.1. The molecule has 1 aromatic rings. The van der Waals surface area contributed by atoms with Crippen molar-refractivity contribution in [3.63, 3.8) is 0 Å². The van der Waals surface area contributed by atoms with Crippen LogP contribution in [0.3, 0.4) is 0 Å². The zero-order chi connectivity index (χ0) is 9.64. The second kappa shape index (κ2) is 4.83. The van der Waals surface area contributed by atoms with Gasteiger partial charge in [0.1, 0.15) is 0 Å². The SMILES string of the molecule is C(#CC1CCCN1)Cc1ccccc1. The number of hydrogen-bond donors (Lipinski definition) is 1. The summed E-state index contributed by atoms with van der Waals surface area (Å²) in [4.78, 5) is 0. The smallest absolute Gasteiger partial charge is 0.0690 e. The lowest BCUT2D eigenvalue weighted by atomic mass is 10.1. The second-order valence-electron chi connectivity index (χ2n) is 3.63. The molecule has 0 saturated carbocycles. The molecule has 1 atom stereocenters. The van der Waals surface area contributed by atoms with Crippen LogP contribution in [0.4, 0.5) is 0 Å². The van der Waals surface area contributed by atoms with Gasteiger partial charge in [0.15, 0.2) is 0 Å². The van der Waals surface area contributed by atoms with E-state index in [-0.39, 0.29) is 0 Å². The summed E-state index contributed by atoms with van der Waals surface area (Å²) in [5.74, 6) is 6.50. The van der Waals surface area contributed by atoms with Crippen molar-refractivity contribution in [1.82, 2.24) is 5.32 Å². The molecule has 1 aliphatic rings. The Morgan fingerprint density at radius 1 is 1.29 bits per heavy atom. The third-order valence-corrected chi connectivity index (χ3v) is 2.47. The Balaban J connectivity index is 1.87. The number of hydrogen-bond acceptors (Lipinski definition) is 1. The second-order valence-corrected chi connectivity index (χ2v) is 3.63. The lowest BCUT2D eigenvalue weighted by Crippen LogP contribution is -2.18. The minimum absolute atomic E-state index is 0.443. The van der Waals surface area contributed by atoms with Crippen LogP contribution >= 0.6 is 0 Å². The van der Waals surface area contributed by atoms with E-state index < -0.39 is 0 Å². The highest BCUT2D eigenvalue weighted by atomic mass is 14.9. The minimum atomic E-state index is 0.443. The van der Waals surface area contributed by atoms with Gasteiger partial charge in [-0.2, -0.15) is 0 Å². The van der Waals surface area contributed by atoms with E-state index in [2.05, 4.69) is 41.4 Å². The Kier molecular flexibility index (Phi) is 3.21. The Hall–Kier alpha value is -1.26. The molecule has 0 spiro atoms. The lowest BCUT2D eigenvalue weighted by Gasteiger charge is -1.97. The quantitative estimate of drug-likeness (QED) is 0.660. The summed E-state index contributed by atoms with van der Waals surface area (Å²) in [6.45, 7) is 1.13. The highest BCUT2D eigenvalue weighted by Gasteiger charge is 2.09. The molecule has 0 amide bonds. The Labute approximate surface area is 85.5 Å². The molecule has 1 nitrogen and oxygen atoms in total. The van der Waals surface area contributed by atoms with Gasteiger partial charge < -0.3 is 5.32 Å². The molecular formula is C13H15N. The molecule has 2 rings (SSSR count). The third-order valence-electron chi connectivity index (χ3n) is 2.47. The summed E-state index contributed by atoms with van der Waals surface area (Å²) in [7, 11) is 0. The first kappa shape index (κ1) is 9.30. The molecule has 1 N–H and O–H groups in total. The molecule has 1 heterocycles. The highest BCUT2D eigenvalue weighted by Crippen LogP contribution is 2.03. The minimum Gasteiger partial charge on any atom is -0.304 e. The number of nitrogens with one attached hydrogen (secondary N) is 1. The molecule has 1 fully saturated rings. The van der Waals surface area contributed by atoms with E-state index in [1.165, 1.54) is 18.4 Å². The maximum absolute atomic E-state index is 3.37. The van der Waals surface area contributed by atoms with Crippen LogP contribution in [-0.2, 0) is 6.42 Å². The average Bonchev–Trinajstić information content (AvgIpc) is 2.72. The summed E-state index contributed by atoms with van der Waals surface area (Å²) >= 11 is 0. The zero-order valence-electron chi connectivity index (χ0n) is 8.29. The summed E-state index contributed by atoms with van der Waals surface area (Å²) < 4.78 is 0. The van der Waals surface area contributed by atoms with Crippen LogP contribution in [0, 0.1) is 11.8 Å². The topological polar surface area (TPSA) is 12.0 Å². The number of rotatable bonds is 1. The van der Waals surface area contributed by atoms with Crippen LogP contribution < -0.4 is 5.32 Å². The van der Waals surface area contributed by atoms with Gasteiger partial charge >= 0.3 is 0 Å². The first-order valence-electron chi connectivity index (χ1n) is 5.21. The summed E-state index contributed by atoms with van der Waals surface area (Å²) in [5.41, 5.74) is 1.30. The fourth-order valence-electron chi connectivity index (χ4n) is 1.68. The average molecular weight is 185 g/mol. The summed E-state index contributed by atoms with van der Waals surface area (Å²) in [6.07, 6.45) is 3.35. The Morgan fingerprint density at radius 3 is 2.86 bits per heavy atom. The molecule has 0 aliphatic carbocycles. The van der Waals surface area contributed by atoms with E-state index in [0.29, 0.717) is 6.04 Å². The van der Waals surface area contributed by atoms with Crippen molar-refractivity contribution in [3.05, 3.63) is 35.9 Å². The van der Waals surface area contributed by atoms with E-state index >= 15 is 0 Å². The summed E-state index contributed by atoms with van der Waals surface area (Å²) in [6, 6.07) is 10.8. The van der Waals surface area contributed by atoms with Gasteiger partial charge in [-0.25, -0.2) is 0 Å². The molecular weight excluding hydrogens is 170 g/mol. The molecule has 0 aromatic heterocycles. The van der Waals surface area contributed by atoms with E-state index in [0.717, 1.165) is 13.0 Å². The van der Waals surface area contributed by atoms with Crippen molar-refractivity contribution in [1.29, 1.82) is 0 Å². The molecule has 72 valence electrons. The lowest BCUT2D eigenvalue weighted by molar-refractivity contribution is 0.748. The van der Waals surface area contributed by atoms with Gasteiger partial charge in [0.2, 0.25) is 0 Å². The van der Waals surface area contributed by atoms with Gasteiger partial charge in [-0.05, 0) is 24.9 Å². The predicted octanol–water partition coefficient (Wildman–Crippen LogP) is 1.98. The molecule has 1 aromatic carbocycles. The van der Waals surface area contributed by atoms with Gasteiger partial charge in [-0.15, -0.1) is 0 Å². The fourth-order valence-corrected chi connectivity index (χ4v) is 1.68.